The van der Waals surface area contributed by atoms with Gasteiger partial charge in [-0.1, -0.05) is 0 Å². The van der Waals surface area contributed by atoms with Crippen LogP contribution in [0.2, 0.25) is 0 Å². The van der Waals surface area contributed by atoms with Crippen LogP contribution in [0.15, 0.2) is 48.0 Å². The summed E-state index contributed by atoms with van der Waals surface area (Å²) in [5.74, 6) is 0.604. The maximum absolute atomic E-state index is 13.0. The minimum atomic E-state index is -0.572. The fraction of sp³-hybridized carbons (Fsp3) is 0.150. The molecule has 1 saturated heterocycles. The Hall–Kier alpha value is -3.39. The fourth-order valence-corrected chi connectivity index (χ4v) is 3.00. The molecule has 7 nitrogen and oxygen atoms in total. The Bertz CT molecular complexity index is 969. The number of hydrogen-bond donors (Lipinski definition) is 1. The second-order valence-electron chi connectivity index (χ2n) is 5.76. The molecule has 2 amide bonds. The van der Waals surface area contributed by atoms with Crippen molar-refractivity contribution in [1.29, 1.82) is 0 Å². The van der Waals surface area contributed by atoms with Crippen LogP contribution >= 0.6 is 12.2 Å². The zero-order valence-electron chi connectivity index (χ0n) is 15.5. The van der Waals surface area contributed by atoms with Gasteiger partial charge >= 0.3 is 0 Å². The average Bonchev–Trinajstić information content (AvgIpc) is 2.71. The molecule has 1 fully saturated rings. The van der Waals surface area contributed by atoms with Crippen LogP contribution in [-0.2, 0) is 9.59 Å². The maximum Gasteiger partial charge on any atom is 0.270 e. The van der Waals surface area contributed by atoms with Crippen molar-refractivity contribution in [3.05, 3.63) is 53.6 Å². The van der Waals surface area contributed by atoms with Gasteiger partial charge in [0.05, 0.1) is 27.0 Å². The van der Waals surface area contributed by atoms with E-state index in [4.69, 9.17) is 26.4 Å². The summed E-state index contributed by atoms with van der Waals surface area (Å²) in [4.78, 5) is 26.7. The van der Waals surface area contributed by atoms with E-state index >= 15 is 0 Å². The lowest BCUT2D eigenvalue weighted by molar-refractivity contribution is -0.122. The van der Waals surface area contributed by atoms with Gasteiger partial charge in [-0.3, -0.25) is 19.8 Å². The highest BCUT2D eigenvalue weighted by molar-refractivity contribution is 7.80. The molecule has 2 aromatic rings. The third-order valence-electron chi connectivity index (χ3n) is 4.17. The molecule has 0 unspecified atom stereocenters. The van der Waals surface area contributed by atoms with Gasteiger partial charge in [-0.25, -0.2) is 0 Å². The van der Waals surface area contributed by atoms with Gasteiger partial charge in [-0.15, -0.1) is 0 Å². The number of thiocarbonyl (C=S) groups is 1. The van der Waals surface area contributed by atoms with E-state index in [1.807, 2.05) is 0 Å². The van der Waals surface area contributed by atoms with Crippen LogP contribution in [0.5, 0.6) is 17.2 Å². The van der Waals surface area contributed by atoms with Gasteiger partial charge in [0.2, 0.25) is 0 Å². The second-order valence-corrected chi connectivity index (χ2v) is 6.15. The lowest BCUT2D eigenvalue weighted by atomic mass is 10.1. The Balaban J connectivity index is 2.01. The molecule has 0 aliphatic carbocycles. The summed E-state index contributed by atoms with van der Waals surface area (Å²) < 4.78 is 15.6. The molecule has 0 aromatic heterocycles. The monoisotopic (exact) mass is 398 g/mol. The molecule has 28 heavy (non-hydrogen) atoms. The first kappa shape index (κ1) is 19.4. The number of carbonyl (C=O) groups excluding carboxylic acids is 2. The molecule has 0 spiro atoms. The van der Waals surface area contributed by atoms with E-state index in [1.165, 1.54) is 18.1 Å². The number of carbonyl (C=O) groups is 2. The van der Waals surface area contributed by atoms with E-state index in [0.29, 0.717) is 28.5 Å². The normalized spacial score (nSPS) is 15.5. The van der Waals surface area contributed by atoms with Gasteiger partial charge in [-0.05, 0) is 54.7 Å². The molecular formula is C20H18N2O5S. The van der Waals surface area contributed by atoms with Gasteiger partial charge in [0.15, 0.2) is 5.11 Å². The van der Waals surface area contributed by atoms with Gasteiger partial charge in [0.25, 0.3) is 11.8 Å². The van der Waals surface area contributed by atoms with Crippen molar-refractivity contribution in [1.82, 2.24) is 5.32 Å². The number of nitrogens with zero attached hydrogens (tertiary/aromatic N) is 1. The molecule has 0 bridgehead atoms. The average molecular weight is 398 g/mol. The minimum absolute atomic E-state index is 0.0130. The van der Waals surface area contributed by atoms with Gasteiger partial charge in [-0.2, -0.15) is 0 Å². The molecule has 1 N–H and O–H groups in total. The van der Waals surface area contributed by atoms with E-state index in [9.17, 15) is 9.59 Å². The summed E-state index contributed by atoms with van der Waals surface area (Å²) in [5.41, 5.74) is 1.01. The Labute approximate surface area is 167 Å². The number of anilines is 1. The summed E-state index contributed by atoms with van der Waals surface area (Å²) >= 11 is 5.20. The van der Waals surface area contributed by atoms with Crippen molar-refractivity contribution in [2.24, 2.45) is 0 Å². The van der Waals surface area contributed by atoms with Crippen LogP contribution < -0.4 is 24.4 Å². The number of amides is 2. The van der Waals surface area contributed by atoms with Crippen LogP contribution in [0, 0.1) is 0 Å². The largest absolute Gasteiger partial charge is 0.497 e. The highest BCUT2D eigenvalue weighted by Gasteiger charge is 2.34. The quantitative estimate of drug-likeness (QED) is 0.474. The first-order valence-electron chi connectivity index (χ1n) is 8.26. The minimum Gasteiger partial charge on any atom is -0.497 e. The SMILES string of the molecule is COc1ccc(N2C(=O)/C(=C\c3ccc(OC)cc3OC)C(=O)NC2=S)cc1. The van der Waals surface area contributed by atoms with Gasteiger partial charge < -0.3 is 14.2 Å². The lowest BCUT2D eigenvalue weighted by Crippen LogP contribution is -2.54. The van der Waals surface area contributed by atoms with Crippen LogP contribution in [-0.4, -0.2) is 38.3 Å². The maximum atomic E-state index is 13.0. The van der Waals surface area contributed by atoms with Crippen molar-refractivity contribution in [2.75, 3.05) is 26.2 Å². The fourth-order valence-electron chi connectivity index (χ4n) is 2.72. The van der Waals surface area contributed by atoms with Crippen LogP contribution in [0.25, 0.3) is 6.08 Å². The third kappa shape index (κ3) is 3.67. The number of methoxy groups -OCH3 is 3. The Morgan fingerprint density at radius 1 is 0.929 bits per heavy atom. The molecule has 1 aliphatic heterocycles. The zero-order chi connectivity index (χ0) is 20.3. The van der Waals surface area contributed by atoms with Crippen molar-refractivity contribution in [3.63, 3.8) is 0 Å². The van der Waals surface area contributed by atoms with Crippen molar-refractivity contribution in [2.45, 2.75) is 0 Å². The van der Waals surface area contributed by atoms with Crippen molar-refractivity contribution in [3.8, 4) is 17.2 Å². The van der Waals surface area contributed by atoms with E-state index < -0.39 is 11.8 Å². The standard InChI is InChI=1S/C20H18N2O5S/c1-25-14-8-5-13(6-9-14)22-19(24)16(18(23)21-20(22)28)10-12-4-7-15(26-2)11-17(12)27-3/h4-11H,1-3H3,(H,21,23,28)/b16-10-. The number of rotatable bonds is 5. The van der Waals surface area contributed by atoms with Crippen LogP contribution in [0.1, 0.15) is 5.56 Å². The Kier molecular flexibility index (Phi) is 5.60. The Morgan fingerprint density at radius 2 is 1.57 bits per heavy atom. The smallest absolute Gasteiger partial charge is 0.270 e. The first-order chi connectivity index (χ1) is 13.5. The predicted molar refractivity (Wildman–Crippen MR) is 109 cm³/mol. The van der Waals surface area contributed by atoms with E-state index in [0.717, 1.165) is 0 Å². The third-order valence-corrected chi connectivity index (χ3v) is 4.46. The molecule has 3 rings (SSSR count). The lowest BCUT2D eigenvalue weighted by Gasteiger charge is -2.29. The molecule has 1 heterocycles. The summed E-state index contributed by atoms with van der Waals surface area (Å²) in [7, 11) is 4.59. The molecule has 8 heteroatoms. The van der Waals surface area contributed by atoms with Gasteiger partial charge in [0, 0.05) is 11.6 Å². The molecular weight excluding hydrogens is 380 g/mol. The highest BCUT2D eigenvalue weighted by Crippen LogP contribution is 2.29. The molecule has 144 valence electrons. The summed E-state index contributed by atoms with van der Waals surface area (Å²) in [6.07, 6.45) is 1.47. The topological polar surface area (TPSA) is 77.1 Å². The van der Waals surface area contributed by atoms with E-state index in [1.54, 1.807) is 56.7 Å². The molecule has 1 aliphatic rings. The summed E-state index contributed by atoms with van der Waals surface area (Å²) in [5, 5.41) is 2.56. The molecule has 0 radical (unpaired) electrons. The number of benzene rings is 2. The number of nitrogens with one attached hydrogen (secondary N) is 1. The van der Waals surface area contributed by atoms with Crippen LogP contribution in [0.3, 0.4) is 0 Å². The summed E-state index contributed by atoms with van der Waals surface area (Å²) in [6.45, 7) is 0. The highest BCUT2D eigenvalue weighted by atomic mass is 32.1. The Morgan fingerprint density at radius 3 is 2.18 bits per heavy atom. The summed E-state index contributed by atoms with van der Waals surface area (Å²) in [6, 6.07) is 11.9. The number of hydrogen-bond acceptors (Lipinski definition) is 6. The van der Waals surface area contributed by atoms with Crippen LogP contribution in [0.4, 0.5) is 5.69 Å². The first-order valence-corrected chi connectivity index (χ1v) is 8.67. The predicted octanol–water partition coefficient (Wildman–Crippen LogP) is 2.54. The molecule has 0 saturated carbocycles. The second kappa shape index (κ2) is 8.10. The van der Waals surface area contributed by atoms with E-state index in [-0.39, 0.29) is 10.7 Å². The van der Waals surface area contributed by atoms with Gasteiger partial charge in [0.1, 0.15) is 22.8 Å². The molecule has 2 aromatic carbocycles. The number of ether oxygens (including phenoxy) is 3. The zero-order valence-corrected chi connectivity index (χ0v) is 16.3. The molecule has 0 atom stereocenters. The van der Waals surface area contributed by atoms with E-state index in [2.05, 4.69) is 5.32 Å². The van der Waals surface area contributed by atoms with Crippen molar-refractivity contribution >= 4 is 40.9 Å². The van der Waals surface area contributed by atoms with Crippen molar-refractivity contribution < 1.29 is 23.8 Å².